The molecule has 1 nitrogen and oxygen atoms in total. The Labute approximate surface area is 134 Å². The van der Waals surface area contributed by atoms with E-state index in [1.807, 2.05) is 0 Å². The van der Waals surface area contributed by atoms with Gasteiger partial charge in [0.15, 0.2) is 5.78 Å². The first-order chi connectivity index (χ1) is 8.65. The summed E-state index contributed by atoms with van der Waals surface area (Å²) in [6.45, 7) is 0. The number of hydrogen-bond donors (Lipinski definition) is 0. The van der Waals surface area contributed by atoms with Crippen molar-refractivity contribution in [2.75, 3.05) is 0 Å². The topological polar surface area (TPSA) is 17.1 Å². The van der Waals surface area contributed by atoms with Gasteiger partial charge in [0, 0.05) is 18.6 Å². The van der Waals surface area contributed by atoms with E-state index in [0.717, 1.165) is 17.9 Å². The molecule has 3 aliphatic rings. The molecule has 0 spiro atoms. The lowest BCUT2D eigenvalue weighted by molar-refractivity contribution is 0.0782. The van der Waals surface area contributed by atoms with Gasteiger partial charge in [0.05, 0.1) is 0 Å². The van der Waals surface area contributed by atoms with Crippen molar-refractivity contribution in [1.29, 1.82) is 0 Å². The lowest BCUT2D eigenvalue weighted by Gasteiger charge is -2.35. The van der Waals surface area contributed by atoms with Crippen LogP contribution in [0.4, 0.5) is 0 Å². The van der Waals surface area contributed by atoms with E-state index < -0.39 is 0 Å². The van der Waals surface area contributed by atoms with E-state index in [1.165, 1.54) is 32.0 Å². The largest absolute Gasteiger partial charge is 0.294 e. The van der Waals surface area contributed by atoms with Crippen molar-refractivity contribution in [1.82, 2.24) is 0 Å². The molecule has 4 rings (SSSR count). The van der Waals surface area contributed by atoms with Gasteiger partial charge in [0.1, 0.15) is 0 Å². The molecule has 94 valence electrons. The van der Waals surface area contributed by atoms with Crippen molar-refractivity contribution in [3.8, 4) is 0 Å². The summed E-state index contributed by atoms with van der Waals surface area (Å²) in [5.41, 5.74) is 2.38. The second-order valence-corrected chi connectivity index (χ2v) is 8.41. The smallest absolute Gasteiger partial charge is 0.166 e. The third-order valence-corrected chi connectivity index (χ3v) is 6.84. The molecule has 2 bridgehead atoms. The van der Waals surface area contributed by atoms with Gasteiger partial charge in [-0.25, -0.2) is 0 Å². The third-order valence-electron chi connectivity index (χ3n) is 5.26. The van der Waals surface area contributed by atoms with Crippen LogP contribution in [0.1, 0.15) is 35.2 Å². The van der Waals surface area contributed by atoms with Gasteiger partial charge >= 0.3 is 0 Å². The van der Waals surface area contributed by atoms with Crippen molar-refractivity contribution >= 4 is 51.0 Å². The molecule has 0 N–H and O–H groups in total. The number of fused-ring (bicyclic) bond motifs is 6. The van der Waals surface area contributed by atoms with Crippen LogP contribution in [0.3, 0.4) is 0 Å². The van der Waals surface area contributed by atoms with Gasteiger partial charge in [-0.1, -0.05) is 0 Å². The molecule has 0 aromatic heterocycles. The average molecular weight is 464 g/mol. The fraction of sp³-hybridized carbons (Fsp3) is 0.533. The van der Waals surface area contributed by atoms with Crippen LogP contribution < -0.4 is 0 Å². The van der Waals surface area contributed by atoms with Crippen LogP contribution in [0, 0.1) is 30.8 Å². The zero-order chi connectivity index (χ0) is 12.4. The van der Waals surface area contributed by atoms with E-state index in [4.69, 9.17) is 0 Å². The van der Waals surface area contributed by atoms with E-state index in [-0.39, 0.29) is 0 Å². The molecule has 1 aromatic carbocycles. The van der Waals surface area contributed by atoms with Gasteiger partial charge in [-0.05, 0) is 106 Å². The minimum absolute atomic E-state index is 0.366. The van der Waals surface area contributed by atoms with Crippen molar-refractivity contribution in [2.45, 2.75) is 25.7 Å². The molecular weight excluding hydrogens is 450 g/mol. The van der Waals surface area contributed by atoms with Crippen LogP contribution in [0.2, 0.25) is 0 Å². The van der Waals surface area contributed by atoms with Crippen LogP contribution in [0.25, 0.3) is 0 Å². The highest BCUT2D eigenvalue weighted by atomic mass is 127. The van der Waals surface area contributed by atoms with E-state index >= 15 is 0 Å². The first-order valence-electron chi connectivity index (χ1n) is 6.67. The van der Waals surface area contributed by atoms with E-state index in [2.05, 4.69) is 57.3 Å². The molecule has 0 saturated heterocycles. The molecular formula is C15H14I2O. The molecule has 0 aliphatic heterocycles. The van der Waals surface area contributed by atoms with Gasteiger partial charge in [-0.3, -0.25) is 4.79 Å². The second kappa shape index (κ2) is 4.17. The fourth-order valence-corrected chi connectivity index (χ4v) is 6.62. The lowest BCUT2D eigenvalue weighted by Crippen LogP contribution is -2.36. The Morgan fingerprint density at radius 1 is 1.11 bits per heavy atom. The molecule has 3 heteroatoms. The molecule has 0 amide bonds. The summed E-state index contributed by atoms with van der Waals surface area (Å²) < 4.78 is 2.50. The van der Waals surface area contributed by atoms with Gasteiger partial charge in [-0.2, -0.15) is 0 Å². The average Bonchev–Trinajstić information content (AvgIpc) is 2.91. The minimum Gasteiger partial charge on any atom is -0.294 e. The quantitative estimate of drug-likeness (QED) is 0.524. The maximum absolute atomic E-state index is 12.8. The predicted octanol–water partition coefficient (Wildman–Crippen LogP) is 4.30. The third kappa shape index (κ3) is 1.58. The standard InChI is InChI=1S/C15H14I2O/c16-9-4-12-11(13(17)5-9)6-10-7-1-2-8(3-7)14(10)15(12)18/h4-5,7-8,10,14H,1-3,6H2. The van der Waals surface area contributed by atoms with E-state index in [1.54, 1.807) is 0 Å². The fourth-order valence-electron chi connectivity index (χ4n) is 4.56. The number of carbonyl (C=O) groups is 1. The van der Waals surface area contributed by atoms with Crippen LogP contribution in [-0.2, 0) is 6.42 Å². The van der Waals surface area contributed by atoms with Crippen LogP contribution in [0.15, 0.2) is 12.1 Å². The normalized spacial score (nSPS) is 36.7. The number of benzene rings is 1. The predicted molar refractivity (Wildman–Crippen MR) is 87.7 cm³/mol. The summed E-state index contributed by atoms with van der Waals surface area (Å²) in [7, 11) is 0. The first kappa shape index (κ1) is 12.1. The zero-order valence-corrected chi connectivity index (χ0v) is 14.3. The molecule has 1 aromatic rings. The minimum atomic E-state index is 0.366. The molecule has 0 radical (unpaired) electrons. The van der Waals surface area contributed by atoms with E-state index in [9.17, 15) is 4.79 Å². The lowest BCUT2D eigenvalue weighted by atomic mass is 9.68. The van der Waals surface area contributed by atoms with Gasteiger partial charge in [-0.15, -0.1) is 0 Å². The Bertz CT molecular complexity index is 552. The second-order valence-electron chi connectivity index (χ2n) is 6.00. The number of halogens is 2. The van der Waals surface area contributed by atoms with Crippen molar-refractivity contribution in [3.05, 3.63) is 30.4 Å². The maximum Gasteiger partial charge on any atom is 0.166 e. The van der Waals surface area contributed by atoms with Gasteiger partial charge in [0.25, 0.3) is 0 Å². The summed E-state index contributed by atoms with van der Waals surface area (Å²) in [4.78, 5) is 12.8. The molecule has 3 aliphatic carbocycles. The number of carbonyl (C=O) groups excluding carboxylic acids is 1. The molecule has 4 atom stereocenters. The first-order valence-corrected chi connectivity index (χ1v) is 8.83. The number of rotatable bonds is 0. The molecule has 2 fully saturated rings. The maximum atomic E-state index is 12.8. The molecule has 2 saturated carbocycles. The highest BCUT2D eigenvalue weighted by molar-refractivity contribution is 14.1. The van der Waals surface area contributed by atoms with Crippen LogP contribution >= 0.6 is 45.2 Å². The molecule has 18 heavy (non-hydrogen) atoms. The van der Waals surface area contributed by atoms with Crippen LogP contribution in [0.5, 0.6) is 0 Å². The Hall–Kier alpha value is 0.350. The number of hydrogen-bond acceptors (Lipinski definition) is 1. The summed E-state index contributed by atoms with van der Waals surface area (Å²) in [6, 6.07) is 4.32. The van der Waals surface area contributed by atoms with E-state index in [0.29, 0.717) is 23.5 Å². The zero-order valence-electron chi connectivity index (χ0n) is 9.96. The Morgan fingerprint density at radius 3 is 2.72 bits per heavy atom. The summed E-state index contributed by atoms with van der Waals surface area (Å²) in [6.07, 6.45) is 5.15. The SMILES string of the molecule is O=C1c2cc(I)cc(I)c2CC2C3CCC(C3)C12. The Balaban J connectivity index is 1.86. The summed E-state index contributed by atoms with van der Waals surface area (Å²) in [5, 5.41) is 0. The monoisotopic (exact) mass is 464 g/mol. The molecule has 4 unspecified atom stereocenters. The van der Waals surface area contributed by atoms with Gasteiger partial charge in [0.2, 0.25) is 0 Å². The van der Waals surface area contributed by atoms with Crippen molar-refractivity contribution < 1.29 is 4.79 Å². The Morgan fingerprint density at radius 2 is 1.89 bits per heavy atom. The molecule has 0 heterocycles. The van der Waals surface area contributed by atoms with Crippen molar-refractivity contribution in [2.24, 2.45) is 23.7 Å². The summed E-state index contributed by atoms with van der Waals surface area (Å²) in [5.74, 6) is 3.04. The number of Topliss-reactive ketones (excluding diaryl/α,β-unsaturated/α-hetero) is 1. The summed E-state index contributed by atoms with van der Waals surface area (Å²) >= 11 is 4.73. The highest BCUT2D eigenvalue weighted by Crippen LogP contribution is 2.56. The van der Waals surface area contributed by atoms with Crippen molar-refractivity contribution in [3.63, 3.8) is 0 Å². The Kier molecular flexibility index (Phi) is 2.81. The highest BCUT2D eigenvalue weighted by Gasteiger charge is 2.53. The van der Waals surface area contributed by atoms with Crippen LogP contribution in [-0.4, -0.2) is 5.78 Å². The number of ketones is 1. The van der Waals surface area contributed by atoms with Gasteiger partial charge < -0.3 is 0 Å².